The molecule has 0 radical (unpaired) electrons. The molecule has 5 nitrogen and oxygen atoms in total. The zero-order valence-electron chi connectivity index (χ0n) is 14.9. The van der Waals surface area contributed by atoms with Gasteiger partial charge in [-0.2, -0.15) is 5.26 Å². The van der Waals surface area contributed by atoms with Gasteiger partial charge in [-0.3, -0.25) is 4.90 Å². The molecule has 140 valence electrons. The van der Waals surface area contributed by atoms with Crippen LogP contribution in [0.25, 0.3) is 0 Å². The van der Waals surface area contributed by atoms with E-state index >= 15 is 0 Å². The lowest BCUT2D eigenvalue weighted by Crippen LogP contribution is -2.46. The summed E-state index contributed by atoms with van der Waals surface area (Å²) in [5.74, 6) is -0.822. The lowest BCUT2D eigenvalue weighted by atomic mass is 10.1. The fourth-order valence-electron chi connectivity index (χ4n) is 3.17. The average molecular weight is 388 g/mol. The zero-order chi connectivity index (χ0) is 19.4. The molecule has 0 unspecified atom stereocenters. The Morgan fingerprint density at radius 2 is 1.96 bits per heavy atom. The minimum atomic E-state index is -0.454. The van der Waals surface area contributed by atoms with Gasteiger partial charge in [-0.15, -0.1) is 0 Å². The second kappa shape index (κ2) is 8.38. The van der Waals surface area contributed by atoms with Crippen molar-refractivity contribution < 1.29 is 13.9 Å². The van der Waals surface area contributed by atoms with E-state index in [2.05, 4.69) is 4.90 Å². The van der Waals surface area contributed by atoms with Crippen molar-refractivity contribution in [2.45, 2.75) is 6.54 Å². The van der Waals surface area contributed by atoms with Gasteiger partial charge in [0.25, 0.3) is 0 Å². The lowest BCUT2D eigenvalue weighted by molar-refractivity contribution is 0.0601. The molecule has 2 aromatic carbocycles. The number of nitriles is 1. The fourth-order valence-corrected chi connectivity index (χ4v) is 3.45. The number of benzene rings is 2. The van der Waals surface area contributed by atoms with E-state index < -0.39 is 5.97 Å². The molecule has 1 fully saturated rings. The summed E-state index contributed by atoms with van der Waals surface area (Å²) >= 11 is 6.17. The van der Waals surface area contributed by atoms with Crippen molar-refractivity contribution in [3.8, 4) is 6.07 Å². The third kappa shape index (κ3) is 4.38. The van der Waals surface area contributed by atoms with E-state index in [1.807, 2.05) is 17.0 Å². The highest BCUT2D eigenvalue weighted by molar-refractivity contribution is 6.33. The Kier molecular flexibility index (Phi) is 5.94. The molecule has 1 heterocycles. The van der Waals surface area contributed by atoms with Crippen molar-refractivity contribution >= 4 is 23.3 Å². The summed E-state index contributed by atoms with van der Waals surface area (Å²) in [7, 11) is 1.32. The molecule has 0 saturated carbocycles. The molecule has 0 amide bonds. The van der Waals surface area contributed by atoms with Gasteiger partial charge in [-0.1, -0.05) is 17.7 Å². The maximum absolute atomic E-state index is 14.2. The Bertz CT molecular complexity index is 889. The van der Waals surface area contributed by atoms with Crippen molar-refractivity contribution in [3.05, 3.63) is 63.9 Å². The zero-order valence-corrected chi connectivity index (χ0v) is 15.7. The van der Waals surface area contributed by atoms with Gasteiger partial charge in [-0.05, 0) is 35.9 Å². The van der Waals surface area contributed by atoms with Crippen LogP contribution in [0, 0.1) is 17.1 Å². The first-order valence-corrected chi connectivity index (χ1v) is 8.93. The van der Waals surface area contributed by atoms with Gasteiger partial charge in [0, 0.05) is 32.7 Å². The predicted molar refractivity (Wildman–Crippen MR) is 101 cm³/mol. The van der Waals surface area contributed by atoms with Gasteiger partial charge in [0.1, 0.15) is 5.82 Å². The summed E-state index contributed by atoms with van der Waals surface area (Å²) in [5, 5.41) is 9.22. The van der Waals surface area contributed by atoms with E-state index in [-0.39, 0.29) is 5.82 Å². The van der Waals surface area contributed by atoms with Gasteiger partial charge in [0.2, 0.25) is 0 Å². The number of ether oxygens (including phenoxy) is 1. The molecular weight excluding hydrogens is 369 g/mol. The highest BCUT2D eigenvalue weighted by Crippen LogP contribution is 2.23. The highest BCUT2D eigenvalue weighted by Gasteiger charge is 2.20. The SMILES string of the molecule is COC(=O)c1ccc(CN2CCN(c3ccc(C#N)cc3F)CC2)cc1Cl. The molecule has 27 heavy (non-hydrogen) atoms. The molecule has 7 heteroatoms. The summed E-state index contributed by atoms with van der Waals surface area (Å²) in [6, 6.07) is 11.8. The molecule has 1 saturated heterocycles. The number of hydrogen-bond donors (Lipinski definition) is 0. The summed E-state index contributed by atoms with van der Waals surface area (Å²) in [4.78, 5) is 15.8. The third-order valence-electron chi connectivity index (χ3n) is 4.63. The standard InChI is InChI=1S/C20H19ClFN3O2/c1-27-20(26)16-4-2-15(10-17(16)21)13-24-6-8-25(9-7-24)19-5-3-14(12-23)11-18(19)22/h2-5,10-11H,6-9,13H2,1H3. The van der Waals surface area contributed by atoms with Crippen molar-refractivity contribution in [1.82, 2.24) is 4.90 Å². The van der Waals surface area contributed by atoms with Crippen LogP contribution in [-0.2, 0) is 11.3 Å². The Balaban J connectivity index is 1.61. The molecule has 0 spiro atoms. The molecule has 2 aromatic rings. The van der Waals surface area contributed by atoms with Crippen LogP contribution in [-0.4, -0.2) is 44.2 Å². The van der Waals surface area contributed by atoms with Gasteiger partial charge in [-0.25, -0.2) is 9.18 Å². The average Bonchev–Trinajstić information content (AvgIpc) is 2.68. The fraction of sp³-hybridized carbons (Fsp3) is 0.300. The van der Waals surface area contributed by atoms with E-state index in [1.54, 1.807) is 24.3 Å². The van der Waals surface area contributed by atoms with Crippen LogP contribution in [0.5, 0.6) is 0 Å². The molecule has 1 aliphatic heterocycles. The first kappa shape index (κ1) is 19.2. The van der Waals surface area contributed by atoms with Crippen LogP contribution in [0.3, 0.4) is 0 Å². The predicted octanol–water partition coefficient (Wildman–Crippen LogP) is 3.46. The molecule has 1 aliphatic rings. The quantitative estimate of drug-likeness (QED) is 0.752. The normalized spacial score (nSPS) is 14.7. The van der Waals surface area contributed by atoms with E-state index in [0.717, 1.165) is 18.7 Å². The van der Waals surface area contributed by atoms with Gasteiger partial charge < -0.3 is 9.64 Å². The van der Waals surface area contributed by atoms with E-state index in [9.17, 15) is 9.18 Å². The summed E-state index contributed by atoms with van der Waals surface area (Å²) in [5.41, 5.74) is 2.20. The number of carbonyl (C=O) groups is 1. The number of halogens is 2. The summed E-state index contributed by atoms with van der Waals surface area (Å²) in [6.07, 6.45) is 0. The van der Waals surface area contributed by atoms with Crippen LogP contribution in [0.4, 0.5) is 10.1 Å². The largest absolute Gasteiger partial charge is 0.465 e. The Hall–Kier alpha value is -2.62. The van der Waals surface area contributed by atoms with Gasteiger partial charge in [0.05, 0.1) is 35.0 Å². The number of piperazine rings is 1. The maximum Gasteiger partial charge on any atom is 0.339 e. The topological polar surface area (TPSA) is 56.6 Å². The van der Waals surface area contributed by atoms with Crippen LogP contribution >= 0.6 is 11.6 Å². The number of hydrogen-bond acceptors (Lipinski definition) is 5. The number of carbonyl (C=O) groups excluding carboxylic acids is 1. The van der Waals surface area contributed by atoms with Gasteiger partial charge >= 0.3 is 5.97 Å². The molecule has 3 rings (SSSR count). The third-order valence-corrected chi connectivity index (χ3v) is 4.95. The first-order chi connectivity index (χ1) is 13.0. The monoisotopic (exact) mass is 387 g/mol. The number of rotatable bonds is 4. The van der Waals surface area contributed by atoms with Crippen molar-refractivity contribution in [2.24, 2.45) is 0 Å². The van der Waals surface area contributed by atoms with Crippen molar-refractivity contribution in [2.75, 3.05) is 38.2 Å². The Labute approximate surface area is 162 Å². The first-order valence-electron chi connectivity index (χ1n) is 8.55. The highest BCUT2D eigenvalue weighted by atomic mass is 35.5. The van der Waals surface area contributed by atoms with Crippen molar-refractivity contribution in [3.63, 3.8) is 0 Å². The van der Waals surface area contributed by atoms with E-state index in [0.29, 0.717) is 41.5 Å². The van der Waals surface area contributed by atoms with E-state index in [1.165, 1.54) is 13.2 Å². The van der Waals surface area contributed by atoms with Crippen LogP contribution in [0.2, 0.25) is 5.02 Å². The molecule has 0 bridgehead atoms. The summed E-state index contributed by atoms with van der Waals surface area (Å²) < 4.78 is 18.9. The molecule has 0 atom stereocenters. The van der Waals surface area contributed by atoms with Crippen LogP contribution in [0.1, 0.15) is 21.5 Å². The second-order valence-corrected chi connectivity index (χ2v) is 6.75. The molecule has 0 aromatic heterocycles. The molecular formula is C20H19ClFN3O2. The number of methoxy groups -OCH3 is 1. The summed E-state index contributed by atoms with van der Waals surface area (Å²) in [6.45, 7) is 3.63. The minimum absolute atomic E-state index is 0.321. The van der Waals surface area contributed by atoms with Crippen molar-refractivity contribution in [1.29, 1.82) is 5.26 Å². The minimum Gasteiger partial charge on any atom is -0.465 e. The molecule has 0 aliphatic carbocycles. The lowest BCUT2D eigenvalue weighted by Gasteiger charge is -2.36. The second-order valence-electron chi connectivity index (χ2n) is 6.35. The van der Waals surface area contributed by atoms with Crippen LogP contribution in [0.15, 0.2) is 36.4 Å². The Morgan fingerprint density at radius 3 is 2.56 bits per heavy atom. The molecule has 0 N–H and O–H groups in total. The number of esters is 1. The maximum atomic E-state index is 14.2. The smallest absolute Gasteiger partial charge is 0.339 e. The van der Waals surface area contributed by atoms with Gasteiger partial charge in [0.15, 0.2) is 0 Å². The number of nitrogens with zero attached hydrogens (tertiary/aromatic N) is 3. The number of anilines is 1. The Morgan fingerprint density at radius 1 is 1.22 bits per heavy atom. The van der Waals surface area contributed by atoms with Crippen LogP contribution < -0.4 is 4.90 Å². The van der Waals surface area contributed by atoms with E-state index in [4.69, 9.17) is 21.6 Å².